The highest BCUT2D eigenvalue weighted by Gasteiger charge is 2.07. The molecule has 0 unspecified atom stereocenters. The number of hydrogen-bond donors (Lipinski definition) is 2. The minimum Gasteiger partial charge on any atom is -0.383 e. The highest BCUT2D eigenvalue weighted by Crippen LogP contribution is 2.25. The first kappa shape index (κ1) is 12.6. The molecule has 1 aromatic heterocycles. The lowest BCUT2D eigenvalue weighted by atomic mass is 10.2. The van der Waals surface area contributed by atoms with E-state index in [1.807, 2.05) is 32.0 Å². The second kappa shape index (κ2) is 5.23. The number of nitrogens with zero attached hydrogens (tertiary/aromatic N) is 2. The van der Waals surface area contributed by atoms with E-state index in [0.29, 0.717) is 5.82 Å². The van der Waals surface area contributed by atoms with Gasteiger partial charge in [0.25, 0.3) is 0 Å². The molecule has 0 aliphatic heterocycles. The number of nitrogens with two attached hydrogens (primary N) is 1. The normalized spacial score (nSPS) is 10.4. The molecule has 0 fully saturated rings. The van der Waals surface area contributed by atoms with Crippen LogP contribution in [0.15, 0.2) is 24.5 Å². The summed E-state index contributed by atoms with van der Waals surface area (Å²) in [6, 6.07) is 5.79. The third kappa shape index (κ3) is 2.54. The van der Waals surface area contributed by atoms with Crippen molar-refractivity contribution >= 4 is 28.9 Å². The molecule has 3 N–H and O–H groups in total. The van der Waals surface area contributed by atoms with Crippen LogP contribution >= 0.6 is 11.6 Å². The Morgan fingerprint density at radius 3 is 2.78 bits per heavy atom. The fourth-order valence-corrected chi connectivity index (χ4v) is 1.87. The quantitative estimate of drug-likeness (QED) is 0.891. The monoisotopic (exact) mass is 262 g/mol. The Bertz CT molecular complexity index is 569. The van der Waals surface area contributed by atoms with Crippen molar-refractivity contribution < 1.29 is 0 Å². The largest absolute Gasteiger partial charge is 0.383 e. The molecule has 4 nitrogen and oxygen atoms in total. The summed E-state index contributed by atoms with van der Waals surface area (Å²) in [6.45, 7) is 3.98. The fraction of sp³-hybridized carbons (Fsp3) is 0.231. The van der Waals surface area contributed by atoms with Crippen LogP contribution in [-0.2, 0) is 6.42 Å². The number of anilines is 3. The minimum absolute atomic E-state index is 0.508. The van der Waals surface area contributed by atoms with Gasteiger partial charge >= 0.3 is 0 Å². The maximum Gasteiger partial charge on any atom is 0.139 e. The topological polar surface area (TPSA) is 63.8 Å². The molecule has 0 atom stereocenters. The molecule has 2 aromatic rings. The smallest absolute Gasteiger partial charge is 0.139 e. The Morgan fingerprint density at radius 1 is 1.33 bits per heavy atom. The van der Waals surface area contributed by atoms with Gasteiger partial charge in [-0.1, -0.05) is 24.6 Å². The van der Waals surface area contributed by atoms with E-state index in [1.165, 1.54) is 6.33 Å². The van der Waals surface area contributed by atoms with Crippen molar-refractivity contribution in [3.05, 3.63) is 40.7 Å². The van der Waals surface area contributed by atoms with Crippen LogP contribution in [0, 0.1) is 6.92 Å². The highest BCUT2D eigenvalue weighted by atomic mass is 35.5. The number of halogens is 1. The summed E-state index contributed by atoms with van der Waals surface area (Å²) in [4.78, 5) is 8.20. The maximum absolute atomic E-state index is 6.09. The Balaban J connectivity index is 2.34. The fourth-order valence-electron chi connectivity index (χ4n) is 1.69. The number of aromatic nitrogens is 2. The number of nitrogens with one attached hydrogen (secondary N) is 1. The second-order valence-electron chi connectivity index (χ2n) is 4.03. The van der Waals surface area contributed by atoms with Crippen molar-refractivity contribution in [1.29, 1.82) is 0 Å². The van der Waals surface area contributed by atoms with E-state index in [4.69, 9.17) is 17.3 Å². The summed E-state index contributed by atoms with van der Waals surface area (Å²) < 4.78 is 0. The molecule has 1 heterocycles. The maximum atomic E-state index is 6.09. The van der Waals surface area contributed by atoms with E-state index < -0.39 is 0 Å². The van der Waals surface area contributed by atoms with Gasteiger partial charge in [-0.3, -0.25) is 0 Å². The first-order chi connectivity index (χ1) is 8.61. The number of rotatable bonds is 3. The number of nitrogen functional groups attached to an aromatic ring is 1. The van der Waals surface area contributed by atoms with Gasteiger partial charge in [0.1, 0.15) is 18.0 Å². The van der Waals surface area contributed by atoms with Crippen LogP contribution in [0.1, 0.15) is 18.1 Å². The van der Waals surface area contributed by atoms with Crippen LogP contribution in [0.2, 0.25) is 5.02 Å². The lowest BCUT2D eigenvalue weighted by molar-refractivity contribution is 1.06. The van der Waals surface area contributed by atoms with Gasteiger partial charge in [-0.15, -0.1) is 0 Å². The van der Waals surface area contributed by atoms with Crippen LogP contribution in [0.5, 0.6) is 0 Å². The number of benzene rings is 1. The molecule has 5 heteroatoms. The van der Waals surface area contributed by atoms with E-state index in [-0.39, 0.29) is 0 Å². The van der Waals surface area contributed by atoms with Crippen LogP contribution in [-0.4, -0.2) is 9.97 Å². The molecule has 2 rings (SSSR count). The molecule has 0 radical (unpaired) electrons. The van der Waals surface area contributed by atoms with E-state index in [0.717, 1.165) is 34.1 Å². The Kier molecular flexibility index (Phi) is 3.67. The lowest BCUT2D eigenvalue weighted by Gasteiger charge is -2.11. The summed E-state index contributed by atoms with van der Waals surface area (Å²) in [6.07, 6.45) is 2.22. The Labute approximate surface area is 111 Å². The summed E-state index contributed by atoms with van der Waals surface area (Å²) in [7, 11) is 0. The van der Waals surface area contributed by atoms with Crippen LogP contribution in [0.3, 0.4) is 0 Å². The second-order valence-corrected chi connectivity index (χ2v) is 4.44. The Morgan fingerprint density at radius 2 is 2.11 bits per heavy atom. The summed E-state index contributed by atoms with van der Waals surface area (Å²) >= 11 is 6.09. The van der Waals surface area contributed by atoms with Gasteiger partial charge in [-0.2, -0.15) is 0 Å². The Hall–Kier alpha value is -1.81. The van der Waals surface area contributed by atoms with Gasteiger partial charge in [0.15, 0.2) is 0 Å². The lowest BCUT2D eigenvalue weighted by Crippen LogP contribution is -2.04. The molecular formula is C13H15ClN4. The summed E-state index contributed by atoms with van der Waals surface area (Å²) in [5, 5.41) is 3.94. The van der Waals surface area contributed by atoms with Crippen LogP contribution < -0.4 is 11.1 Å². The van der Waals surface area contributed by atoms with Gasteiger partial charge in [0.2, 0.25) is 0 Å². The van der Waals surface area contributed by atoms with Crippen molar-refractivity contribution in [1.82, 2.24) is 9.97 Å². The van der Waals surface area contributed by atoms with E-state index in [2.05, 4.69) is 15.3 Å². The van der Waals surface area contributed by atoms with Gasteiger partial charge in [0.05, 0.1) is 0 Å². The predicted molar refractivity (Wildman–Crippen MR) is 75.3 cm³/mol. The molecule has 0 spiro atoms. The van der Waals surface area contributed by atoms with Gasteiger partial charge in [-0.05, 0) is 31.0 Å². The van der Waals surface area contributed by atoms with E-state index in [9.17, 15) is 0 Å². The summed E-state index contributed by atoms with van der Waals surface area (Å²) in [5.41, 5.74) is 8.66. The molecule has 0 bridgehead atoms. The number of aryl methyl sites for hydroxylation is 1. The predicted octanol–water partition coefficient (Wildman–Crippen LogP) is 3.33. The first-order valence-electron chi connectivity index (χ1n) is 5.74. The third-order valence-corrected chi connectivity index (χ3v) is 3.17. The zero-order valence-electron chi connectivity index (χ0n) is 10.4. The third-order valence-electron chi connectivity index (χ3n) is 2.77. The minimum atomic E-state index is 0.508. The van der Waals surface area contributed by atoms with Crippen molar-refractivity contribution in [2.75, 3.05) is 11.1 Å². The molecule has 18 heavy (non-hydrogen) atoms. The first-order valence-corrected chi connectivity index (χ1v) is 6.12. The van der Waals surface area contributed by atoms with Gasteiger partial charge < -0.3 is 11.1 Å². The van der Waals surface area contributed by atoms with Crippen molar-refractivity contribution in [2.45, 2.75) is 20.3 Å². The molecule has 1 aromatic carbocycles. The molecule has 0 aliphatic carbocycles. The van der Waals surface area contributed by atoms with Crippen molar-refractivity contribution in [3.8, 4) is 0 Å². The zero-order valence-corrected chi connectivity index (χ0v) is 11.1. The van der Waals surface area contributed by atoms with E-state index >= 15 is 0 Å². The van der Waals surface area contributed by atoms with Crippen molar-refractivity contribution in [3.63, 3.8) is 0 Å². The van der Waals surface area contributed by atoms with Gasteiger partial charge in [-0.25, -0.2) is 9.97 Å². The standard InChI is InChI=1S/C13H15ClN4/c1-3-10-12(15)16-7-17-13(10)18-9-5-4-8(2)11(14)6-9/h4-7H,3H2,1-2H3,(H3,15,16,17,18). The molecule has 0 aliphatic rings. The van der Waals surface area contributed by atoms with Crippen molar-refractivity contribution in [2.24, 2.45) is 0 Å². The molecule has 0 saturated carbocycles. The van der Waals surface area contributed by atoms with Gasteiger partial charge in [0, 0.05) is 16.3 Å². The average Bonchev–Trinajstić information content (AvgIpc) is 2.34. The average molecular weight is 263 g/mol. The van der Waals surface area contributed by atoms with Crippen LogP contribution in [0.4, 0.5) is 17.3 Å². The number of hydrogen-bond acceptors (Lipinski definition) is 4. The molecule has 0 amide bonds. The molecular weight excluding hydrogens is 248 g/mol. The zero-order chi connectivity index (χ0) is 13.1. The molecule has 0 saturated heterocycles. The highest BCUT2D eigenvalue weighted by molar-refractivity contribution is 6.31. The van der Waals surface area contributed by atoms with E-state index in [1.54, 1.807) is 0 Å². The SMILES string of the molecule is CCc1c(N)ncnc1Nc1ccc(C)c(Cl)c1. The van der Waals surface area contributed by atoms with Crippen LogP contribution in [0.25, 0.3) is 0 Å². The molecule has 94 valence electrons. The summed E-state index contributed by atoms with van der Waals surface area (Å²) in [5.74, 6) is 1.23.